The van der Waals surface area contributed by atoms with E-state index >= 15 is 0 Å². The predicted molar refractivity (Wildman–Crippen MR) is 85.5 cm³/mol. The molecule has 0 bridgehead atoms. The van der Waals surface area contributed by atoms with Gasteiger partial charge in [-0.15, -0.1) is 0 Å². The van der Waals surface area contributed by atoms with E-state index in [1.54, 1.807) is 6.20 Å². The van der Waals surface area contributed by atoms with Gasteiger partial charge in [0.1, 0.15) is 0 Å². The smallest absolute Gasteiger partial charge is 0.0851 e. The highest BCUT2D eigenvalue weighted by Crippen LogP contribution is 2.35. The van der Waals surface area contributed by atoms with Gasteiger partial charge in [-0.25, -0.2) is 0 Å². The average Bonchev–Trinajstić information content (AvgIpc) is 2.73. The lowest BCUT2D eigenvalue weighted by atomic mass is 9.83. The molecule has 21 heavy (non-hydrogen) atoms. The zero-order valence-corrected chi connectivity index (χ0v) is 13.0. The molecule has 5 N–H and O–H groups in total. The second-order valence-electron chi connectivity index (χ2n) is 5.91. The zero-order valence-electron chi connectivity index (χ0n) is 13.0. The molecule has 1 fully saturated rings. The van der Waals surface area contributed by atoms with Crippen LogP contribution in [0.4, 0.5) is 5.69 Å². The van der Waals surface area contributed by atoms with Crippen molar-refractivity contribution in [2.75, 3.05) is 12.3 Å². The van der Waals surface area contributed by atoms with E-state index < -0.39 is 0 Å². The van der Waals surface area contributed by atoms with Crippen LogP contribution < -0.4 is 17.0 Å². The Hall–Kier alpha value is -1.17. The van der Waals surface area contributed by atoms with E-state index in [1.807, 2.05) is 12.3 Å². The number of nitrogen functional groups attached to an aromatic ring is 1. The van der Waals surface area contributed by atoms with Crippen molar-refractivity contribution in [1.82, 2.24) is 10.4 Å². The molecule has 1 aromatic heterocycles. The minimum absolute atomic E-state index is 0.0575. The molecule has 0 aliphatic heterocycles. The van der Waals surface area contributed by atoms with Crippen LogP contribution in [0.5, 0.6) is 0 Å². The fourth-order valence-corrected chi connectivity index (χ4v) is 3.43. The molecule has 1 saturated carbocycles. The average molecular weight is 292 g/mol. The summed E-state index contributed by atoms with van der Waals surface area (Å²) in [7, 11) is 0. The number of hydrazine groups is 1. The summed E-state index contributed by atoms with van der Waals surface area (Å²) in [5.41, 5.74) is 10.7. The number of nitrogens with one attached hydrogen (secondary N) is 1. The van der Waals surface area contributed by atoms with Gasteiger partial charge in [-0.2, -0.15) is 0 Å². The molecule has 2 rings (SSSR count). The minimum atomic E-state index is -0.192. The molecule has 5 nitrogen and oxygen atoms in total. The van der Waals surface area contributed by atoms with E-state index in [9.17, 15) is 0 Å². The first-order chi connectivity index (χ1) is 10.2. The Kier molecular flexibility index (Phi) is 5.96. The fourth-order valence-electron chi connectivity index (χ4n) is 3.43. The molecule has 1 heterocycles. The number of nitrogens with two attached hydrogens (primary N) is 2. The SMILES string of the molecule is CCOC1(C(Cc2cnccc2N)NN)CCCCCC1. The normalized spacial score (nSPS) is 19.9. The van der Waals surface area contributed by atoms with Crippen molar-refractivity contribution in [3.8, 4) is 0 Å². The van der Waals surface area contributed by atoms with E-state index in [0.29, 0.717) is 6.61 Å². The standard InChI is InChI=1S/C16H28N4O/c1-2-21-16(8-5-3-4-6-9-16)15(20-18)11-13-12-19-10-7-14(13)17/h7,10,12,15,20H,2-6,8-9,11,18H2,1H3,(H2,17,19). The molecule has 0 amide bonds. The van der Waals surface area contributed by atoms with Crippen LogP contribution >= 0.6 is 0 Å². The van der Waals surface area contributed by atoms with E-state index in [0.717, 1.165) is 30.5 Å². The summed E-state index contributed by atoms with van der Waals surface area (Å²) in [5.74, 6) is 5.88. The quantitative estimate of drug-likeness (QED) is 0.425. The van der Waals surface area contributed by atoms with Crippen molar-refractivity contribution in [1.29, 1.82) is 0 Å². The maximum absolute atomic E-state index is 6.21. The lowest BCUT2D eigenvalue weighted by Crippen LogP contribution is -2.56. The van der Waals surface area contributed by atoms with Crippen molar-refractivity contribution in [2.45, 2.75) is 63.5 Å². The van der Waals surface area contributed by atoms with Gasteiger partial charge < -0.3 is 10.5 Å². The molecule has 1 aliphatic carbocycles. The Morgan fingerprint density at radius 2 is 2.05 bits per heavy atom. The molecule has 118 valence electrons. The lowest BCUT2D eigenvalue weighted by Gasteiger charge is -2.40. The maximum Gasteiger partial charge on any atom is 0.0851 e. The molecular weight excluding hydrogens is 264 g/mol. The third-order valence-corrected chi connectivity index (χ3v) is 4.58. The van der Waals surface area contributed by atoms with Gasteiger partial charge in [-0.1, -0.05) is 25.7 Å². The lowest BCUT2D eigenvalue weighted by molar-refractivity contribution is -0.0768. The summed E-state index contributed by atoms with van der Waals surface area (Å²) < 4.78 is 6.21. The second-order valence-corrected chi connectivity index (χ2v) is 5.91. The maximum atomic E-state index is 6.21. The van der Waals surface area contributed by atoms with E-state index in [2.05, 4.69) is 17.3 Å². The summed E-state index contributed by atoms with van der Waals surface area (Å²) in [4.78, 5) is 4.18. The Morgan fingerprint density at radius 3 is 2.62 bits per heavy atom. The first-order valence-corrected chi connectivity index (χ1v) is 8.00. The van der Waals surface area contributed by atoms with Gasteiger partial charge in [-0.05, 0) is 37.8 Å². The summed E-state index contributed by atoms with van der Waals surface area (Å²) in [6.45, 7) is 2.76. The third-order valence-electron chi connectivity index (χ3n) is 4.58. The van der Waals surface area contributed by atoms with Gasteiger partial charge in [0.15, 0.2) is 0 Å². The van der Waals surface area contributed by atoms with Gasteiger partial charge in [-0.3, -0.25) is 16.3 Å². The Bertz CT molecular complexity index is 430. The predicted octanol–water partition coefficient (Wildman–Crippen LogP) is 2.17. The topological polar surface area (TPSA) is 86.2 Å². The molecular formula is C16H28N4O. The first-order valence-electron chi connectivity index (χ1n) is 8.00. The van der Waals surface area contributed by atoms with Crippen LogP contribution in [0, 0.1) is 0 Å². The number of nitrogens with zero attached hydrogens (tertiary/aromatic N) is 1. The molecule has 5 heteroatoms. The Labute approximate surface area is 127 Å². The van der Waals surface area contributed by atoms with E-state index in [-0.39, 0.29) is 11.6 Å². The zero-order chi connectivity index (χ0) is 15.1. The molecule has 0 aromatic carbocycles. The number of rotatable bonds is 6. The third kappa shape index (κ3) is 3.93. The second kappa shape index (κ2) is 7.73. The molecule has 0 saturated heterocycles. The van der Waals surface area contributed by atoms with Crippen molar-refractivity contribution in [3.63, 3.8) is 0 Å². The number of aromatic nitrogens is 1. The van der Waals surface area contributed by atoms with Gasteiger partial charge in [0.05, 0.1) is 11.6 Å². The van der Waals surface area contributed by atoms with Gasteiger partial charge in [0.25, 0.3) is 0 Å². The summed E-state index contributed by atoms with van der Waals surface area (Å²) in [5, 5.41) is 0. The summed E-state index contributed by atoms with van der Waals surface area (Å²) >= 11 is 0. The van der Waals surface area contributed by atoms with Crippen LogP contribution in [0.15, 0.2) is 18.5 Å². The van der Waals surface area contributed by atoms with Crippen LogP contribution in [0.2, 0.25) is 0 Å². The molecule has 1 unspecified atom stereocenters. The highest BCUT2D eigenvalue weighted by molar-refractivity contribution is 5.44. The summed E-state index contributed by atoms with van der Waals surface area (Å²) in [6.07, 6.45) is 11.3. The van der Waals surface area contributed by atoms with Crippen LogP contribution in [-0.4, -0.2) is 23.2 Å². The van der Waals surface area contributed by atoms with Crippen LogP contribution in [-0.2, 0) is 11.2 Å². The van der Waals surface area contributed by atoms with Gasteiger partial charge >= 0.3 is 0 Å². The number of pyridine rings is 1. The highest BCUT2D eigenvalue weighted by Gasteiger charge is 2.39. The van der Waals surface area contributed by atoms with Gasteiger partial charge in [0.2, 0.25) is 0 Å². The number of hydrogen-bond acceptors (Lipinski definition) is 5. The van der Waals surface area contributed by atoms with Crippen molar-refractivity contribution in [2.24, 2.45) is 5.84 Å². The van der Waals surface area contributed by atoms with Crippen LogP contribution in [0.25, 0.3) is 0 Å². The molecule has 1 atom stereocenters. The summed E-state index contributed by atoms with van der Waals surface area (Å²) in [6, 6.07) is 1.89. The van der Waals surface area contributed by atoms with Crippen molar-refractivity contribution >= 4 is 5.69 Å². The van der Waals surface area contributed by atoms with Crippen molar-refractivity contribution in [3.05, 3.63) is 24.0 Å². The highest BCUT2D eigenvalue weighted by atomic mass is 16.5. The fraction of sp³-hybridized carbons (Fsp3) is 0.688. The van der Waals surface area contributed by atoms with Gasteiger partial charge in [0, 0.05) is 24.7 Å². The molecule has 1 aromatic rings. The molecule has 1 aliphatic rings. The number of ether oxygens (including phenoxy) is 1. The number of anilines is 1. The Morgan fingerprint density at radius 1 is 1.33 bits per heavy atom. The Balaban J connectivity index is 2.20. The van der Waals surface area contributed by atoms with Crippen molar-refractivity contribution < 1.29 is 4.74 Å². The monoisotopic (exact) mass is 292 g/mol. The van der Waals surface area contributed by atoms with E-state index in [4.69, 9.17) is 16.3 Å². The largest absolute Gasteiger partial charge is 0.398 e. The first kappa shape index (κ1) is 16.2. The minimum Gasteiger partial charge on any atom is -0.398 e. The van der Waals surface area contributed by atoms with Crippen LogP contribution in [0.1, 0.15) is 51.0 Å². The van der Waals surface area contributed by atoms with Crippen LogP contribution in [0.3, 0.4) is 0 Å². The van der Waals surface area contributed by atoms with E-state index in [1.165, 1.54) is 25.7 Å². The number of hydrogen-bond donors (Lipinski definition) is 3. The molecule has 0 spiro atoms. The molecule has 0 radical (unpaired) electrons.